The number of fused-ring (bicyclic) bond motifs is 1. The van der Waals surface area contributed by atoms with Crippen molar-refractivity contribution in [3.05, 3.63) is 48.0 Å². The number of hydrogen-bond acceptors (Lipinski definition) is 5. The van der Waals surface area contributed by atoms with Gasteiger partial charge in [-0.05, 0) is 18.1 Å². The lowest BCUT2D eigenvalue weighted by Crippen LogP contribution is -2.53. The van der Waals surface area contributed by atoms with Crippen molar-refractivity contribution >= 4 is 23.5 Å². The Bertz CT molecular complexity index is 807. The maximum Gasteiger partial charge on any atom is 0.327 e. The van der Waals surface area contributed by atoms with E-state index in [4.69, 9.17) is 10.5 Å². The summed E-state index contributed by atoms with van der Waals surface area (Å²) in [6.07, 6.45) is -0.931. The number of ether oxygens (including phenoxy) is 1. The molecule has 7 heteroatoms. The van der Waals surface area contributed by atoms with Gasteiger partial charge < -0.3 is 15.6 Å². The van der Waals surface area contributed by atoms with Crippen LogP contribution in [0.25, 0.3) is 0 Å². The molecule has 0 spiro atoms. The molecule has 3 N–H and O–H groups in total. The Labute approximate surface area is 145 Å². The van der Waals surface area contributed by atoms with E-state index in [0.29, 0.717) is 11.3 Å². The van der Waals surface area contributed by atoms with E-state index in [0.717, 1.165) is 0 Å². The van der Waals surface area contributed by atoms with Crippen LogP contribution < -0.4 is 15.4 Å². The normalized spacial score (nSPS) is 17.8. The van der Waals surface area contributed by atoms with Gasteiger partial charge >= 0.3 is 5.97 Å². The number of carbonyl (C=O) groups excluding carboxylic acids is 1. The fourth-order valence-electron chi connectivity index (χ4n) is 2.92. The van der Waals surface area contributed by atoms with E-state index in [1.165, 1.54) is 4.90 Å². The number of amides is 1. The summed E-state index contributed by atoms with van der Waals surface area (Å²) in [6.45, 7) is 3.48. The number of nitrogen functional groups attached to an aromatic ring is 1. The molecule has 2 heterocycles. The van der Waals surface area contributed by atoms with E-state index in [1.54, 1.807) is 50.2 Å². The van der Waals surface area contributed by atoms with Crippen LogP contribution in [0.15, 0.2) is 42.5 Å². The SMILES string of the molecule is CC(C)C(C(=O)O)N1C(=O)C(c2ccccc2)Oc2ccc(N)nc21. The fraction of sp³-hybridized carbons (Fsp3) is 0.278. The number of pyridine rings is 1. The second kappa shape index (κ2) is 6.43. The number of benzene rings is 1. The predicted molar refractivity (Wildman–Crippen MR) is 92.2 cm³/mol. The molecular formula is C18H19N3O4. The molecule has 0 saturated heterocycles. The molecule has 1 aliphatic rings. The van der Waals surface area contributed by atoms with Crippen molar-refractivity contribution in [2.24, 2.45) is 5.92 Å². The Morgan fingerprint density at radius 3 is 2.52 bits per heavy atom. The number of hydrogen-bond donors (Lipinski definition) is 2. The van der Waals surface area contributed by atoms with Crippen LogP contribution in [0.3, 0.4) is 0 Å². The second-order valence-corrected chi connectivity index (χ2v) is 6.20. The second-order valence-electron chi connectivity index (χ2n) is 6.20. The van der Waals surface area contributed by atoms with Crippen LogP contribution in [0.2, 0.25) is 0 Å². The summed E-state index contributed by atoms with van der Waals surface area (Å²) in [7, 11) is 0. The highest BCUT2D eigenvalue weighted by molar-refractivity contribution is 6.04. The van der Waals surface area contributed by atoms with Crippen molar-refractivity contribution in [1.29, 1.82) is 0 Å². The van der Waals surface area contributed by atoms with E-state index >= 15 is 0 Å². The predicted octanol–water partition coefficient (Wildman–Crippen LogP) is 2.24. The summed E-state index contributed by atoms with van der Waals surface area (Å²) in [6, 6.07) is 11.0. The monoisotopic (exact) mass is 341 g/mol. The van der Waals surface area contributed by atoms with Gasteiger partial charge in [0, 0.05) is 5.56 Å². The molecule has 2 aromatic rings. The van der Waals surface area contributed by atoms with Crippen LogP contribution in [-0.4, -0.2) is 28.0 Å². The minimum Gasteiger partial charge on any atom is -0.480 e. The molecule has 0 saturated carbocycles. The number of rotatable bonds is 4. The first-order valence-corrected chi connectivity index (χ1v) is 7.94. The Morgan fingerprint density at radius 2 is 1.92 bits per heavy atom. The van der Waals surface area contributed by atoms with Gasteiger partial charge in [-0.1, -0.05) is 44.2 Å². The number of aromatic nitrogens is 1. The molecule has 3 rings (SSSR count). The Morgan fingerprint density at radius 1 is 1.24 bits per heavy atom. The first kappa shape index (κ1) is 16.8. The number of carboxylic acid groups (broad SMARTS) is 1. The number of aliphatic carboxylic acids is 1. The maximum absolute atomic E-state index is 13.1. The highest BCUT2D eigenvalue weighted by atomic mass is 16.5. The molecular weight excluding hydrogens is 322 g/mol. The number of anilines is 2. The number of carbonyl (C=O) groups is 2. The lowest BCUT2D eigenvalue weighted by Gasteiger charge is -2.38. The minimum absolute atomic E-state index is 0.137. The third-order valence-corrected chi connectivity index (χ3v) is 4.06. The molecule has 0 fully saturated rings. The molecule has 2 atom stereocenters. The highest BCUT2D eigenvalue weighted by Crippen LogP contribution is 2.40. The van der Waals surface area contributed by atoms with Crippen molar-refractivity contribution in [1.82, 2.24) is 4.98 Å². The summed E-state index contributed by atoms with van der Waals surface area (Å²) in [5, 5.41) is 9.67. The molecule has 0 bridgehead atoms. The lowest BCUT2D eigenvalue weighted by molar-refractivity contribution is -0.142. The van der Waals surface area contributed by atoms with Gasteiger partial charge in [-0.3, -0.25) is 9.69 Å². The molecule has 25 heavy (non-hydrogen) atoms. The zero-order chi connectivity index (χ0) is 18.1. The van der Waals surface area contributed by atoms with Gasteiger partial charge in [0.2, 0.25) is 6.10 Å². The molecule has 1 amide bonds. The van der Waals surface area contributed by atoms with Crippen LogP contribution in [0.4, 0.5) is 11.6 Å². The fourth-order valence-corrected chi connectivity index (χ4v) is 2.92. The summed E-state index contributed by atoms with van der Waals surface area (Å²) < 4.78 is 5.82. The standard InChI is InChI=1S/C18H19N3O4/c1-10(2)14(18(23)24)21-16-12(8-9-13(19)20-16)25-15(17(21)22)11-6-4-3-5-7-11/h3-10,14-15H,1-2H3,(H2,19,20)(H,23,24). The average molecular weight is 341 g/mol. The first-order chi connectivity index (χ1) is 11.9. The van der Waals surface area contributed by atoms with Crippen LogP contribution in [-0.2, 0) is 9.59 Å². The third kappa shape index (κ3) is 3.00. The Kier molecular flexibility index (Phi) is 4.31. The van der Waals surface area contributed by atoms with Crippen molar-refractivity contribution < 1.29 is 19.4 Å². The number of nitrogens with zero attached hydrogens (tertiary/aromatic N) is 2. The van der Waals surface area contributed by atoms with E-state index < -0.39 is 24.0 Å². The number of nitrogens with two attached hydrogens (primary N) is 1. The summed E-state index contributed by atoms with van der Waals surface area (Å²) in [5.74, 6) is -1.25. The van der Waals surface area contributed by atoms with Crippen molar-refractivity contribution in [2.75, 3.05) is 10.6 Å². The highest BCUT2D eigenvalue weighted by Gasteiger charge is 2.44. The van der Waals surface area contributed by atoms with Gasteiger partial charge in [0.05, 0.1) is 0 Å². The number of carboxylic acids is 1. The molecule has 1 aromatic carbocycles. The Balaban J connectivity index is 2.15. The van der Waals surface area contributed by atoms with Gasteiger partial charge in [0.15, 0.2) is 11.6 Å². The van der Waals surface area contributed by atoms with E-state index in [9.17, 15) is 14.7 Å². The lowest BCUT2D eigenvalue weighted by atomic mass is 9.99. The van der Waals surface area contributed by atoms with E-state index in [2.05, 4.69) is 4.98 Å². The zero-order valence-corrected chi connectivity index (χ0v) is 13.9. The van der Waals surface area contributed by atoms with E-state index in [1.807, 2.05) is 6.07 Å². The van der Waals surface area contributed by atoms with Crippen LogP contribution in [0.5, 0.6) is 5.75 Å². The van der Waals surface area contributed by atoms with Gasteiger partial charge in [0.1, 0.15) is 11.9 Å². The summed E-state index contributed by atoms with van der Waals surface area (Å²) in [4.78, 5) is 30.3. The summed E-state index contributed by atoms with van der Waals surface area (Å²) in [5.41, 5.74) is 6.38. The van der Waals surface area contributed by atoms with Crippen molar-refractivity contribution in [3.63, 3.8) is 0 Å². The van der Waals surface area contributed by atoms with Crippen LogP contribution >= 0.6 is 0 Å². The van der Waals surface area contributed by atoms with E-state index in [-0.39, 0.29) is 17.6 Å². The maximum atomic E-state index is 13.1. The molecule has 0 aliphatic carbocycles. The van der Waals surface area contributed by atoms with Gasteiger partial charge in [0.25, 0.3) is 5.91 Å². The largest absolute Gasteiger partial charge is 0.480 e. The first-order valence-electron chi connectivity index (χ1n) is 7.94. The summed E-state index contributed by atoms with van der Waals surface area (Å²) >= 11 is 0. The Hall–Kier alpha value is -3.09. The molecule has 1 aromatic heterocycles. The molecule has 7 nitrogen and oxygen atoms in total. The average Bonchev–Trinajstić information content (AvgIpc) is 2.57. The zero-order valence-electron chi connectivity index (χ0n) is 13.9. The molecule has 0 radical (unpaired) electrons. The van der Waals surface area contributed by atoms with Gasteiger partial charge in [-0.2, -0.15) is 0 Å². The quantitative estimate of drug-likeness (QED) is 0.883. The van der Waals surface area contributed by atoms with Crippen molar-refractivity contribution in [3.8, 4) is 5.75 Å². The van der Waals surface area contributed by atoms with Gasteiger partial charge in [-0.25, -0.2) is 9.78 Å². The van der Waals surface area contributed by atoms with Crippen molar-refractivity contribution in [2.45, 2.75) is 26.0 Å². The topological polar surface area (TPSA) is 106 Å². The van der Waals surface area contributed by atoms with Gasteiger partial charge in [-0.15, -0.1) is 0 Å². The van der Waals surface area contributed by atoms with Crippen LogP contribution in [0, 0.1) is 5.92 Å². The smallest absolute Gasteiger partial charge is 0.327 e. The molecule has 2 unspecified atom stereocenters. The minimum atomic E-state index is -1.10. The molecule has 130 valence electrons. The third-order valence-electron chi connectivity index (χ3n) is 4.06. The van der Waals surface area contributed by atoms with Crippen LogP contribution in [0.1, 0.15) is 25.5 Å². The molecule has 1 aliphatic heterocycles.